The summed E-state index contributed by atoms with van der Waals surface area (Å²) in [6, 6.07) is 14.6. The quantitative estimate of drug-likeness (QED) is 0.508. The molecule has 2 aromatic rings. The number of rotatable bonds is 9. The van der Waals surface area contributed by atoms with E-state index in [9.17, 15) is 9.59 Å². The number of amides is 2. The lowest BCUT2D eigenvalue weighted by Gasteiger charge is -2.10. The van der Waals surface area contributed by atoms with Gasteiger partial charge in [-0.3, -0.25) is 9.59 Å². The molecule has 0 aliphatic heterocycles. The SMILES string of the molecule is COCCNC(=O)CSc1ccccc1C(=O)NCc1cccc(Cl)c1. The Morgan fingerprint density at radius 1 is 1.12 bits per heavy atom. The Morgan fingerprint density at radius 3 is 2.69 bits per heavy atom. The zero-order valence-electron chi connectivity index (χ0n) is 14.5. The average molecular weight is 393 g/mol. The van der Waals surface area contributed by atoms with E-state index in [0.29, 0.717) is 30.3 Å². The second-order valence-electron chi connectivity index (χ2n) is 5.44. The summed E-state index contributed by atoms with van der Waals surface area (Å²) in [5.74, 6) is -0.0449. The molecule has 0 saturated heterocycles. The lowest BCUT2D eigenvalue weighted by Crippen LogP contribution is -2.28. The van der Waals surface area contributed by atoms with Crippen LogP contribution in [-0.2, 0) is 16.1 Å². The lowest BCUT2D eigenvalue weighted by atomic mass is 10.2. The molecule has 0 heterocycles. The average Bonchev–Trinajstić information content (AvgIpc) is 2.65. The molecule has 5 nitrogen and oxygen atoms in total. The van der Waals surface area contributed by atoms with Gasteiger partial charge in [0.05, 0.1) is 17.9 Å². The van der Waals surface area contributed by atoms with E-state index < -0.39 is 0 Å². The van der Waals surface area contributed by atoms with Gasteiger partial charge in [0.25, 0.3) is 5.91 Å². The highest BCUT2D eigenvalue weighted by Crippen LogP contribution is 2.22. The highest BCUT2D eigenvalue weighted by molar-refractivity contribution is 8.00. The molecule has 7 heteroatoms. The fraction of sp³-hybridized carbons (Fsp3) is 0.263. The van der Waals surface area contributed by atoms with Crippen LogP contribution in [0.25, 0.3) is 0 Å². The van der Waals surface area contributed by atoms with E-state index in [0.717, 1.165) is 10.5 Å². The number of benzene rings is 2. The number of carbonyl (C=O) groups is 2. The number of methoxy groups -OCH3 is 1. The summed E-state index contributed by atoms with van der Waals surface area (Å²) in [5, 5.41) is 6.27. The molecule has 0 atom stereocenters. The first-order chi connectivity index (χ1) is 12.6. The third-order valence-corrected chi connectivity index (χ3v) is 4.77. The number of thioether (sulfide) groups is 1. The van der Waals surface area contributed by atoms with Gasteiger partial charge in [-0.25, -0.2) is 0 Å². The number of nitrogens with one attached hydrogen (secondary N) is 2. The van der Waals surface area contributed by atoms with Crippen LogP contribution in [0.2, 0.25) is 5.02 Å². The molecule has 0 unspecified atom stereocenters. The number of carbonyl (C=O) groups excluding carboxylic acids is 2. The second kappa shape index (κ2) is 10.9. The van der Waals surface area contributed by atoms with Crippen LogP contribution in [0.4, 0.5) is 0 Å². The normalized spacial score (nSPS) is 10.4. The van der Waals surface area contributed by atoms with E-state index in [4.69, 9.17) is 16.3 Å². The van der Waals surface area contributed by atoms with Gasteiger partial charge in [0.1, 0.15) is 0 Å². The third-order valence-electron chi connectivity index (χ3n) is 3.46. The van der Waals surface area contributed by atoms with Crippen LogP contribution in [0, 0.1) is 0 Å². The van der Waals surface area contributed by atoms with Crippen LogP contribution in [0.1, 0.15) is 15.9 Å². The topological polar surface area (TPSA) is 67.4 Å². The highest BCUT2D eigenvalue weighted by atomic mass is 35.5. The molecule has 0 aliphatic rings. The van der Waals surface area contributed by atoms with E-state index in [1.165, 1.54) is 11.8 Å². The standard InChI is InChI=1S/C19H21ClN2O3S/c1-25-10-9-21-18(23)13-26-17-8-3-2-7-16(17)19(24)22-12-14-5-4-6-15(20)11-14/h2-8,11H,9-10,12-13H2,1H3,(H,21,23)(H,22,24). The first-order valence-electron chi connectivity index (χ1n) is 8.10. The van der Waals surface area contributed by atoms with E-state index in [-0.39, 0.29) is 17.6 Å². The van der Waals surface area contributed by atoms with Crippen molar-refractivity contribution >= 4 is 35.2 Å². The molecule has 0 bridgehead atoms. The Kier molecular flexibility index (Phi) is 8.47. The molecule has 0 fully saturated rings. The van der Waals surface area contributed by atoms with Crippen molar-refractivity contribution in [1.29, 1.82) is 0 Å². The van der Waals surface area contributed by atoms with Crippen LogP contribution < -0.4 is 10.6 Å². The summed E-state index contributed by atoms with van der Waals surface area (Å²) < 4.78 is 4.89. The molecule has 138 valence electrons. The van der Waals surface area contributed by atoms with E-state index in [1.807, 2.05) is 30.3 Å². The molecule has 0 spiro atoms. The van der Waals surface area contributed by atoms with Gasteiger partial charge in [-0.1, -0.05) is 35.9 Å². The summed E-state index contributed by atoms with van der Waals surface area (Å²) in [6.07, 6.45) is 0. The number of ether oxygens (including phenoxy) is 1. The van der Waals surface area contributed by atoms with Crippen molar-refractivity contribution < 1.29 is 14.3 Å². The van der Waals surface area contributed by atoms with Gasteiger partial charge in [-0.05, 0) is 29.8 Å². The predicted molar refractivity (Wildman–Crippen MR) is 105 cm³/mol. The smallest absolute Gasteiger partial charge is 0.252 e. The minimum Gasteiger partial charge on any atom is -0.383 e. The minimum atomic E-state index is -0.187. The molecule has 0 saturated carbocycles. The zero-order chi connectivity index (χ0) is 18.8. The van der Waals surface area contributed by atoms with Gasteiger partial charge in [-0.2, -0.15) is 0 Å². The van der Waals surface area contributed by atoms with Crippen molar-refractivity contribution in [3.05, 3.63) is 64.7 Å². The van der Waals surface area contributed by atoms with Crippen molar-refractivity contribution in [2.24, 2.45) is 0 Å². The Hall–Kier alpha value is -2.02. The molecule has 2 N–H and O–H groups in total. The summed E-state index contributed by atoms with van der Waals surface area (Å²) in [4.78, 5) is 25.1. The molecule has 2 rings (SSSR count). The van der Waals surface area contributed by atoms with Crippen LogP contribution in [-0.4, -0.2) is 37.8 Å². The summed E-state index contributed by atoms with van der Waals surface area (Å²) >= 11 is 7.29. The predicted octanol–water partition coefficient (Wildman–Crippen LogP) is 3.12. The van der Waals surface area contributed by atoms with Crippen molar-refractivity contribution in [3.63, 3.8) is 0 Å². The maximum Gasteiger partial charge on any atom is 0.252 e. The van der Waals surface area contributed by atoms with Gasteiger partial charge in [0.15, 0.2) is 0 Å². The molecular weight excluding hydrogens is 372 g/mol. The number of hydrogen-bond acceptors (Lipinski definition) is 4. The monoisotopic (exact) mass is 392 g/mol. The van der Waals surface area contributed by atoms with Crippen molar-refractivity contribution in [2.75, 3.05) is 26.0 Å². The van der Waals surface area contributed by atoms with Gasteiger partial charge in [0, 0.05) is 30.1 Å². The van der Waals surface area contributed by atoms with E-state index in [1.54, 1.807) is 25.3 Å². The van der Waals surface area contributed by atoms with Crippen LogP contribution in [0.5, 0.6) is 0 Å². The zero-order valence-corrected chi connectivity index (χ0v) is 16.0. The molecular formula is C19H21ClN2O3S. The Bertz CT molecular complexity index is 755. The highest BCUT2D eigenvalue weighted by Gasteiger charge is 2.12. The fourth-order valence-corrected chi connectivity index (χ4v) is 3.28. The molecule has 0 aliphatic carbocycles. The Balaban J connectivity index is 1.92. The van der Waals surface area contributed by atoms with Gasteiger partial charge in [-0.15, -0.1) is 11.8 Å². The molecule has 26 heavy (non-hydrogen) atoms. The first kappa shape index (κ1) is 20.3. The van der Waals surface area contributed by atoms with Crippen LogP contribution in [0.15, 0.2) is 53.4 Å². The first-order valence-corrected chi connectivity index (χ1v) is 9.46. The van der Waals surface area contributed by atoms with Crippen molar-refractivity contribution in [3.8, 4) is 0 Å². The summed E-state index contributed by atoms with van der Waals surface area (Å²) in [5.41, 5.74) is 1.47. The fourth-order valence-electron chi connectivity index (χ4n) is 2.19. The molecule has 2 aromatic carbocycles. The van der Waals surface area contributed by atoms with Gasteiger partial charge < -0.3 is 15.4 Å². The summed E-state index contributed by atoms with van der Waals surface area (Å²) in [6.45, 7) is 1.33. The van der Waals surface area contributed by atoms with Gasteiger partial charge in [0.2, 0.25) is 5.91 Å². The lowest BCUT2D eigenvalue weighted by molar-refractivity contribution is -0.118. The number of hydrogen-bond donors (Lipinski definition) is 2. The molecule has 2 amide bonds. The van der Waals surface area contributed by atoms with Crippen LogP contribution >= 0.6 is 23.4 Å². The maximum atomic E-state index is 12.5. The van der Waals surface area contributed by atoms with E-state index in [2.05, 4.69) is 10.6 Å². The largest absolute Gasteiger partial charge is 0.383 e. The second-order valence-corrected chi connectivity index (χ2v) is 6.89. The van der Waals surface area contributed by atoms with Crippen LogP contribution in [0.3, 0.4) is 0 Å². The summed E-state index contributed by atoms with van der Waals surface area (Å²) in [7, 11) is 1.58. The van der Waals surface area contributed by atoms with Crippen molar-refractivity contribution in [1.82, 2.24) is 10.6 Å². The number of halogens is 1. The Morgan fingerprint density at radius 2 is 1.92 bits per heavy atom. The third kappa shape index (κ3) is 6.71. The van der Waals surface area contributed by atoms with E-state index >= 15 is 0 Å². The maximum absolute atomic E-state index is 12.5. The van der Waals surface area contributed by atoms with Gasteiger partial charge >= 0.3 is 0 Å². The molecule has 0 radical (unpaired) electrons. The van der Waals surface area contributed by atoms with Crippen molar-refractivity contribution in [2.45, 2.75) is 11.4 Å². The Labute approximate surface area is 162 Å². The molecule has 0 aromatic heterocycles. The minimum absolute atomic E-state index is 0.0961.